The molecule has 1 aromatic carbocycles. The molecule has 0 aliphatic carbocycles. The number of aliphatic carboxylic acids is 1. The molecule has 0 amide bonds. The number of nitrogens with zero attached hydrogens (tertiary/aromatic N) is 1. The van der Waals surface area contributed by atoms with E-state index in [0.29, 0.717) is 17.1 Å². The number of carboxylic acids is 1. The van der Waals surface area contributed by atoms with Crippen LogP contribution in [-0.2, 0) is 11.4 Å². The largest absolute Gasteiger partial charge is 0.485 e. The maximum absolute atomic E-state index is 10.6. The van der Waals surface area contributed by atoms with E-state index in [1.165, 1.54) is 6.08 Å². The Labute approximate surface area is 116 Å². The number of aromatic nitrogens is 1. The fourth-order valence-electron chi connectivity index (χ4n) is 1.79. The maximum atomic E-state index is 10.6. The lowest BCUT2D eigenvalue weighted by molar-refractivity contribution is -0.131. The van der Waals surface area contributed by atoms with Gasteiger partial charge in [-0.3, -0.25) is 0 Å². The second-order valence-corrected chi connectivity index (χ2v) is 4.39. The molecular formula is C15H15NO4. The number of carboxylic acid groups (broad SMARTS) is 1. The van der Waals surface area contributed by atoms with Gasteiger partial charge in [-0.25, -0.2) is 4.79 Å². The van der Waals surface area contributed by atoms with E-state index in [-0.39, 0.29) is 6.61 Å². The van der Waals surface area contributed by atoms with E-state index in [1.54, 1.807) is 12.1 Å². The number of hydrogen-bond acceptors (Lipinski definition) is 4. The molecule has 0 aliphatic heterocycles. The summed E-state index contributed by atoms with van der Waals surface area (Å²) in [7, 11) is 0. The smallest absolute Gasteiger partial charge is 0.328 e. The second-order valence-electron chi connectivity index (χ2n) is 4.39. The summed E-state index contributed by atoms with van der Waals surface area (Å²) in [6.45, 7) is 3.99. The molecule has 0 saturated heterocycles. The quantitative estimate of drug-likeness (QED) is 0.848. The monoisotopic (exact) mass is 273 g/mol. The molecule has 0 fully saturated rings. The van der Waals surface area contributed by atoms with Crippen molar-refractivity contribution in [2.24, 2.45) is 0 Å². The molecule has 0 bridgehead atoms. The van der Waals surface area contributed by atoms with Crippen molar-refractivity contribution in [1.82, 2.24) is 5.16 Å². The lowest BCUT2D eigenvalue weighted by Gasteiger charge is -2.10. The minimum Gasteiger partial charge on any atom is -0.485 e. The number of para-hydroxylation sites is 1. The molecule has 5 nitrogen and oxygen atoms in total. The van der Waals surface area contributed by atoms with E-state index in [2.05, 4.69) is 5.16 Å². The van der Waals surface area contributed by atoms with Crippen LogP contribution < -0.4 is 4.74 Å². The van der Waals surface area contributed by atoms with Crippen LogP contribution in [0.2, 0.25) is 0 Å². The van der Waals surface area contributed by atoms with Crippen LogP contribution in [0.4, 0.5) is 0 Å². The zero-order valence-electron chi connectivity index (χ0n) is 11.3. The molecular weight excluding hydrogens is 258 g/mol. The first-order valence-corrected chi connectivity index (χ1v) is 6.12. The van der Waals surface area contributed by atoms with Gasteiger partial charge in [0.25, 0.3) is 0 Å². The Morgan fingerprint density at radius 2 is 2.25 bits per heavy atom. The summed E-state index contributed by atoms with van der Waals surface area (Å²) in [5.74, 6) is 0.265. The normalized spacial score (nSPS) is 10.9. The third-order valence-corrected chi connectivity index (χ3v) is 2.68. The summed E-state index contributed by atoms with van der Waals surface area (Å²) in [4.78, 5) is 10.6. The Morgan fingerprint density at radius 1 is 1.45 bits per heavy atom. The molecule has 1 N–H and O–H groups in total. The lowest BCUT2D eigenvalue weighted by atomic mass is 10.1. The van der Waals surface area contributed by atoms with Gasteiger partial charge in [-0.2, -0.15) is 0 Å². The highest BCUT2D eigenvalue weighted by molar-refractivity contribution is 5.86. The number of hydrogen-bond donors (Lipinski definition) is 1. The second kappa shape index (κ2) is 6.06. The SMILES string of the molecule is Cc1cc(COc2c(C)cccc2/C=C/C(=O)O)on1. The van der Waals surface area contributed by atoms with Gasteiger partial charge < -0.3 is 14.4 Å². The molecule has 0 unspecified atom stereocenters. The molecule has 104 valence electrons. The average molecular weight is 273 g/mol. The van der Waals surface area contributed by atoms with E-state index in [4.69, 9.17) is 14.4 Å². The molecule has 0 spiro atoms. The van der Waals surface area contributed by atoms with Crippen molar-refractivity contribution in [3.05, 3.63) is 52.9 Å². The van der Waals surface area contributed by atoms with Gasteiger partial charge >= 0.3 is 5.97 Å². The van der Waals surface area contributed by atoms with Crippen LogP contribution in [-0.4, -0.2) is 16.2 Å². The van der Waals surface area contributed by atoms with Gasteiger partial charge in [0.05, 0.1) is 5.69 Å². The van der Waals surface area contributed by atoms with Gasteiger partial charge in [0.2, 0.25) is 0 Å². The minimum atomic E-state index is -0.997. The molecule has 2 rings (SSSR count). The van der Waals surface area contributed by atoms with Crippen molar-refractivity contribution >= 4 is 12.0 Å². The predicted octanol–water partition coefficient (Wildman–Crippen LogP) is 2.97. The Morgan fingerprint density at radius 3 is 2.90 bits per heavy atom. The number of aryl methyl sites for hydroxylation is 2. The first kappa shape index (κ1) is 13.9. The Balaban J connectivity index is 2.19. The van der Waals surface area contributed by atoms with Crippen molar-refractivity contribution < 1.29 is 19.2 Å². The summed E-state index contributed by atoms with van der Waals surface area (Å²) in [6, 6.07) is 7.35. The highest BCUT2D eigenvalue weighted by Gasteiger charge is 2.07. The van der Waals surface area contributed by atoms with Gasteiger partial charge in [-0.15, -0.1) is 0 Å². The number of benzene rings is 1. The first-order valence-electron chi connectivity index (χ1n) is 6.12. The van der Waals surface area contributed by atoms with E-state index < -0.39 is 5.97 Å². The van der Waals surface area contributed by atoms with Crippen molar-refractivity contribution in [2.45, 2.75) is 20.5 Å². The third-order valence-electron chi connectivity index (χ3n) is 2.68. The highest BCUT2D eigenvalue weighted by Crippen LogP contribution is 2.25. The van der Waals surface area contributed by atoms with Crippen LogP contribution in [0.3, 0.4) is 0 Å². The maximum Gasteiger partial charge on any atom is 0.328 e. The van der Waals surface area contributed by atoms with Crippen molar-refractivity contribution in [1.29, 1.82) is 0 Å². The number of carbonyl (C=O) groups is 1. The Kier molecular flexibility index (Phi) is 4.20. The average Bonchev–Trinajstić information content (AvgIpc) is 2.81. The van der Waals surface area contributed by atoms with Crippen LogP contribution in [0.5, 0.6) is 5.75 Å². The summed E-state index contributed by atoms with van der Waals surface area (Å²) in [5.41, 5.74) is 2.43. The van der Waals surface area contributed by atoms with Gasteiger partial charge in [0, 0.05) is 17.7 Å². The van der Waals surface area contributed by atoms with E-state index >= 15 is 0 Å². The third kappa shape index (κ3) is 3.47. The summed E-state index contributed by atoms with van der Waals surface area (Å²) in [5, 5.41) is 12.5. The fourth-order valence-corrected chi connectivity index (χ4v) is 1.79. The Bertz CT molecular complexity index is 643. The lowest BCUT2D eigenvalue weighted by Crippen LogP contribution is -1.98. The van der Waals surface area contributed by atoms with Crippen LogP contribution in [0, 0.1) is 13.8 Å². The summed E-state index contributed by atoms with van der Waals surface area (Å²) < 4.78 is 10.8. The molecule has 1 heterocycles. The van der Waals surface area contributed by atoms with Gasteiger partial charge in [-0.05, 0) is 25.5 Å². The summed E-state index contributed by atoms with van der Waals surface area (Å²) >= 11 is 0. The molecule has 0 saturated carbocycles. The first-order chi connectivity index (χ1) is 9.56. The minimum absolute atomic E-state index is 0.250. The van der Waals surface area contributed by atoms with E-state index in [0.717, 1.165) is 17.3 Å². The zero-order chi connectivity index (χ0) is 14.5. The zero-order valence-corrected chi connectivity index (χ0v) is 11.3. The van der Waals surface area contributed by atoms with Crippen LogP contribution >= 0.6 is 0 Å². The van der Waals surface area contributed by atoms with Gasteiger partial charge in [0.1, 0.15) is 12.4 Å². The molecule has 1 aromatic heterocycles. The van der Waals surface area contributed by atoms with Gasteiger partial charge in [0.15, 0.2) is 5.76 Å². The van der Waals surface area contributed by atoms with Crippen LogP contribution in [0.25, 0.3) is 6.08 Å². The molecule has 2 aromatic rings. The predicted molar refractivity (Wildman–Crippen MR) is 73.4 cm³/mol. The Hall–Kier alpha value is -2.56. The van der Waals surface area contributed by atoms with E-state index in [9.17, 15) is 4.79 Å². The molecule has 0 radical (unpaired) electrons. The number of ether oxygens (including phenoxy) is 1. The van der Waals surface area contributed by atoms with Crippen molar-refractivity contribution in [3.8, 4) is 5.75 Å². The van der Waals surface area contributed by atoms with Crippen LogP contribution in [0.1, 0.15) is 22.6 Å². The molecule has 0 aliphatic rings. The van der Waals surface area contributed by atoms with Gasteiger partial charge in [-0.1, -0.05) is 23.4 Å². The van der Waals surface area contributed by atoms with Crippen LogP contribution in [0.15, 0.2) is 34.9 Å². The molecule has 20 heavy (non-hydrogen) atoms. The molecule has 0 atom stereocenters. The van der Waals surface area contributed by atoms with Crippen molar-refractivity contribution in [2.75, 3.05) is 0 Å². The van der Waals surface area contributed by atoms with Crippen molar-refractivity contribution in [3.63, 3.8) is 0 Å². The molecule has 5 heteroatoms. The number of rotatable bonds is 5. The highest BCUT2D eigenvalue weighted by atomic mass is 16.5. The van der Waals surface area contributed by atoms with E-state index in [1.807, 2.05) is 26.0 Å². The fraction of sp³-hybridized carbons (Fsp3) is 0.200. The standard InChI is InChI=1S/C15H15NO4/c1-10-4-3-5-12(6-7-14(17)18)15(10)19-9-13-8-11(2)16-20-13/h3-8H,9H2,1-2H3,(H,17,18)/b7-6+. The topological polar surface area (TPSA) is 72.6 Å². The summed E-state index contributed by atoms with van der Waals surface area (Å²) in [6.07, 6.45) is 2.59.